The summed E-state index contributed by atoms with van der Waals surface area (Å²) in [5, 5.41) is 11.7. The van der Waals surface area contributed by atoms with Crippen molar-refractivity contribution in [2.75, 3.05) is 24.6 Å². The van der Waals surface area contributed by atoms with Gasteiger partial charge in [0.05, 0.1) is 28.5 Å². The zero-order valence-corrected chi connectivity index (χ0v) is 15.1. The molecule has 2 atom stereocenters. The monoisotopic (exact) mass is 384 g/mol. The van der Waals surface area contributed by atoms with Crippen LogP contribution in [0.3, 0.4) is 0 Å². The van der Waals surface area contributed by atoms with Crippen LogP contribution in [-0.4, -0.2) is 63.0 Å². The molecule has 25 heavy (non-hydrogen) atoms. The fourth-order valence-corrected chi connectivity index (χ4v) is 6.74. The van der Waals surface area contributed by atoms with Gasteiger partial charge in [-0.05, 0) is 22.9 Å². The summed E-state index contributed by atoms with van der Waals surface area (Å²) in [5.74, 6) is -0.840. The van der Waals surface area contributed by atoms with Crippen LogP contribution >= 0.6 is 0 Å². The van der Waals surface area contributed by atoms with Crippen molar-refractivity contribution in [3.8, 4) is 0 Å². The molecular formula is C16H20N2O5S2. The first-order chi connectivity index (χ1) is 11.7. The van der Waals surface area contributed by atoms with E-state index >= 15 is 0 Å². The highest BCUT2D eigenvalue weighted by Gasteiger charge is 2.44. The lowest BCUT2D eigenvalue weighted by molar-refractivity contribution is 0.129. The number of nitrogens with two attached hydrogens (primary N) is 1. The summed E-state index contributed by atoms with van der Waals surface area (Å²) in [7, 11) is -7.47. The summed E-state index contributed by atoms with van der Waals surface area (Å²) in [5.41, 5.74) is 5.54. The van der Waals surface area contributed by atoms with Gasteiger partial charge in [-0.2, -0.15) is 4.31 Å². The lowest BCUT2D eigenvalue weighted by atomic mass is 10.1. The molecule has 3 N–H and O–H groups in total. The van der Waals surface area contributed by atoms with E-state index in [1.807, 2.05) is 18.2 Å². The maximum Gasteiger partial charge on any atom is 0.243 e. The van der Waals surface area contributed by atoms with Gasteiger partial charge in [0, 0.05) is 13.1 Å². The molecule has 2 aromatic carbocycles. The van der Waals surface area contributed by atoms with E-state index in [-0.39, 0.29) is 18.0 Å². The van der Waals surface area contributed by atoms with E-state index in [0.717, 1.165) is 15.1 Å². The minimum Gasteiger partial charge on any atom is -0.390 e. The van der Waals surface area contributed by atoms with E-state index in [9.17, 15) is 21.9 Å². The van der Waals surface area contributed by atoms with Gasteiger partial charge in [0.25, 0.3) is 0 Å². The van der Waals surface area contributed by atoms with Gasteiger partial charge >= 0.3 is 0 Å². The Balaban J connectivity index is 2.04. The second-order valence-corrected chi connectivity index (χ2v) is 10.2. The minimum absolute atomic E-state index is 0.0239. The number of hydrogen-bond acceptors (Lipinski definition) is 6. The molecule has 9 heteroatoms. The van der Waals surface area contributed by atoms with Gasteiger partial charge in [-0.1, -0.05) is 30.3 Å². The number of benzene rings is 2. The quantitative estimate of drug-likeness (QED) is 0.746. The molecule has 0 radical (unpaired) electrons. The van der Waals surface area contributed by atoms with Crippen molar-refractivity contribution in [3.05, 3.63) is 42.5 Å². The van der Waals surface area contributed by atoms with Gasteiger partial charge < -0.3 is 10.8 Å². The molecule has 1 heterocycles. The molecule has 0 bridgehead atoms. The first kappa shape index (κ1) is 18.3. The number of sulfonamides is 1. The van der Waals surface area contributed by atoms with E-state index in [1.165, 1.54) is 6.07 Å². The van der Waals surface area contributed by atoms with Gasteiger partial charge in [-0.3, -0.25) is 0 Å². The molecule has 0 aromatic heterocycles. The van der Waals surface area contributed by atoms with Gasteiger partial charge in [-0.25, -0.2) is 16.8 Å². The highest BCUT2D eigenvalue weighted by molar-refractivity contribution is 7.92. The Morgan fingerprint density at radius 2 is 1.80 bits per heavy atom. The van der Waals surface area contributed by atoms with Crippen molar-refractivity contribution >= 4 is 30.6 Å². The predicted molar refractivity (Wildman–Crippen MR) is 95.3 cm³/mol. The summed E-state index contributed by atoms with van der Waals surface area (Å²) < 4.78 is 50.7. The molecule has 7 nitrogen and oxygen atoms in total. The molecule has 0 amide bonds. The van der Waals surface area contributed by atoms with Crippen molar-refractivity contribution in [2.24, 2.45) is 5.73 Å². The number of rotatable bonds is 5. The fraction of sp³-hybridized carbons (Fsp3) is 0.375. The fourth-order valence-electron chi connectivity index (χ4n) is 3.14. The molecule has 1 saturated heterocycles. The molecule has 1 fully saturated rings. The Morgan fingerprint density at radius 3 is 2.40 bits per heavy atom. The highest BCUT2D eigenvalue weighted by atomic mass is 32.2. The zero-order chi connectivity index (χ0) is 18.2. The number of fused-ring (bicyclic) bond motifs is 1. The third kappa shape index (κ3) is 3.56. The van der Waals surface area contributed by atoms with Gasteiger partial charge in [0.1, 0.15) is 0 Å². The van der Waals surface area contributed by atoms with Crippen LogP contribution in [0.5, 0.6) is 0 Å². The van der Waals surface area contributed by atoms with Crippen molar-refractivity contribution in [1.29, 1.82) is 0 Å². The van der Waals surface area contributed by atoms with Crippen LogP contribution < -0.4 is 5.73 Å². The predicted octanol–water partition coefficient (Wildman–Crippen LogP) is -0.0529. The maximum absolute atomic E-state index is 13.1. The summed E-state index contributed by atoms with van der Waals surface area (Å²) in [6, 6.07) is 11.0. The topological polar surface area (TPSA) is 118 Å². The van der Waals surface area contributed by atoms with Crippen LogP contribution in [0.2, 0.25) is 0 Å². The average Bonchev–Trinajstić information content (AvgIpc) is 2.84. The molecule has 1 aliphatic heterocycles. The van der Waals surface area contributed by atoms with Crippen molar-refractivity contribution in [3.63, 3.8) is 0 Å². The van der Waals surface area contributed by atoms with E-state index in [1.54, 1.807) is 18.2 Å². The number of sulfone groups is 1. The summed E-state index contributed by atoms with van der Waals surface area (Å²) in [6.07, 6.45) is -1.26. The second kappa shape index (κ2) is 6.65. The van der Waals surface area contributed by atoms with Gasteiger partial charge in [0.2, 0.25) is 10.0 Å². The lowest BCUT2D eigenvalue weighted by Crippen LogP contribution is -2.48. The molecular weight excluding hydrogens is 364 g/mol. The third-order valence-corrected chi connectivity index (χ3v) is 7.96. The Kier molecular flexibility index (Phi) is 4.86. The van der Waals surface area contributed by atoms with Crippen LogP contribution in [0.15, 0.2) is 47.4 Å². The van der Waals surface area contributed by atoms with Crippen LogP contribution in [0.4, 0.5) is 0 Å². The minimum atomic E-state index is -3.99. The Bertz CT molecular complexity index is 989. The molecule has 0 spiro atoms. The second-order valence-electron chi connectivity index (χ2n) is 6.12. The van der Waals surface area contributed by atoms with Gasteiger partial charge in [0.15, 0.2) is 9.84 Å². The van der Waals surface area contributed by atoms with Gasteiger partial charge in [-0.15, -0.1) is 0 Å². The van der Waals surface area contributed by atoms with Crippen molar-refractivity contribution in [2.45, 2.75) is 17.0 Å². The SMILES string of the molecule is NCCN([C@H]1CS(=O)(=O)C[C@@H]1O)S(=O)(=O)c1ccc2ccccc2c1. The Labute approximate surface area is 147 Å². The molecule has 0 saturated carbocycles. The van der Waals surface area contributed by atoms with Crippen molar-refractivity contribution in [1.82, 2.24) is 4.31 Å². The molecule has 136 valence electrons. The smallest absolute Gasteiger partial charge is 0.243 e. The summed E-state index contributed by atoms with van der Waals surface area (Å²) >= 11 is 0. The van der Waals surface area contributed by atoms with E-state index in [0.29, 0.717) is 0 Å². The van der Waals surface area contributed by atoms with Crippen LogP contribution in [0.1, 0.15) is 0 Å². The lowest BCUT2D eigenvalue weighted by Gasteiger charge is -2.29. The van der Waals surface area contributed by atoms with Crippen molar-refractivity contribution < 1.29 is 21.9 Å². The molecule has 0 unspecified atom stereocenters. The number of nitrogens with zero attached hydrogens (tertiary/aromatic N) is 1. The molecule has 3 rings (SSSR count). The maximum atomic E-state index is 13.1. The number of hydrogen-bond donors (Lipinski definition) is 2. The summed E-state index contributed by atoms with van der Waals surface area (Å²) in [4.78, 5) is 0.0520. The zero-order valence-electron chi connectivity index (χ0n) is 13.4. The number of aliphatic hydroxyl groups is 1. The molecule has 2 aromatic rings. The largest absolute Gasteiger partial charge is 0.390 e. The normalized spacial score (nSPS) is 23.3. The van der Waals surface area contributed by atoms with Crippen LogP contribution in [0.25, 0.3) is 10.8 Å². The van der Waals surface area contributed by atoms with E-state index < -0.39 is 43.5 Å². The van der Waals surface area contributed by atoms with E-state index in [4.69, 9.17) is 5.73 Å². The Hall–Kier alpha value is -1.52. The van der Waals surface area contributed by atoms with Crippen LogP contribution in [0, 0.1) is 0 Å². The first-order valence-corrected chi connectivity index (χ1v) is 11.1. The first-order valence-electron chi connectivity index (χ1n) is 7.84. The third-order valence-electron chi connectivity index (χ3n) is 4.34. The Morgan fingerprint density at radius 1 is 1.12 bits per heavy atom. The molecule has 0 aliphatic carbocycles. The number of aliphatic hydroxyl groups excluding tert-OH is 1. The summed E-state index contributed by atoms with van der Waals surface area (Å²) in [6.45, 7) is -0.0392. The van der Waals surface area contributed by atoms with E-state index in [2.05, 4.69) is 0 Å². The standard InChI is InChI=1S/C16H20N2O5S2/c17-7-8-18(15-10-24(20,21)11-16(15)19)25(22,23)14-6-5-12-3-1-2-4-13(12)9-14/h1-6,9,15-16,19H,7-8,10-11,17H2/t15-,16-/m0/s1. The van der Waals surface area contributed by atoms with Crippen LogP contribution in [-0.2, 0) is 19.9 Å². The highest BCUT2D eigenvalue weighted by Crippen LogP contribution is 2.27. The molecule has 1 aliphatic rings. The average molecular weight is 384 g/mol.